The molecule has 0 bridgehead atoms. The highest BCUT2D eigenvalue weighted by Crippen LogP contribution is 2.36. The Morgan fingerprint density at radius 2 is 2.14 bits per heavy atom. The van der Waals surface area contributed by atoms with Crippen LogP contribution in [0.5, 0.6) is 0 Å². The Kier molecular flexibility index (Phi) is 4.61. The molecular formula is C16H21BrFNO2. The van der Waals surface area contributed by atoms with E-state index in [4.69, 9.17) is 4.74 Å². The minimum absolute atomic E-state index is 0.0490. The van der Waals surface area contributed by atoms with E-state index >= 15 is 0 Å². The van der Waals surface area contributed by atoms with Gasteiger partial charge < -0.3 is 4.74 Å². The number of rotatable bonds is 1. The van der Waals surface area contributed by atoms with Gasteiger partial charge in [0.05, 0.1) is 10.2 Å². The van der Waals surface area contributed by atoms with E-state index in [0.29, 0.717) is 10.2 Å². The lowest BCUT2D eigenvalue weighted by Gasteiger charge is -2.37. The van der Waals surface area contributed by atoms with Gasteiger partial charge in [-0.15, -0.1) is 0 Å². The smallest absolute Gasteiger partial charge is 0.415 e. The van der Waals surface area contributed by atoms with Crippen molar-refractivity contribution in [3.8, 4) is 0 Å². The molecule has 0 aromatic heterocycles. The Bertz CT molecular complexity index is 554. The summed E-state index contributed by atoms with van der Waals surface area (Å²) >= 11 is 3.20. The zero-order valence-electron chi connectivity index (χ0n) is 12.9. The molecule has 1 aromatic rings. The standard InChI is InChI=1S/C16H21BrFNO2/c1-5-11-7-6-10-8-12(17)13(18)9-14(10)19(11)15(20)21-16(2,3)4/h8-9,11H,5-7H2,1-4H3. The van der Waals surface area contributed by atoms with Crippen LogP contribution in [-0.4, -0.2) is 17.7 Å². The monoisotopic (exact) mass is 357 g/mol. The third-order valence-corrected chi connectivity index (χ3v) is 4.16. The van der Waals surface area contributed by atoms with Crippen molar-refractivity contribution < 1.29 is 13.9 Å². The number of aryl methyl sites for hydroxylation is 1. The fourth-order valence-corrected chi connectivity index (χ4v) is 2.99. The zero-order valence-corrected chi connectivity index (χ0v) is 14.5. The Morgan fingerprint density at radius 1 is 1.48 bits per heavy atom. The molecule has 5 heteroatoms. The second kappa shape index (κ2) is 5.95. The van der Waals surface area contributed by atoms with Crippen LogP contribution in [0.25, 0.3) is 0 Å². The summed E-state index contributed by atoms with van der Waals surface area (Å²) in [4.78, 5) is 14.1. The number of amides is 1. The summed E-state index contributed by atoms with van der Waals surface area (Å²) in [5, 5.41) is 0. The van der Waals surface area contributed by atoms with E-state index in [1.54, 1.807) is 11.0 Å². The van der Waals surface area contributed by atoms with E-state index < -0.39 is 11.7 Å². The normalized spacial score (nSPS) is 18.4. The van der Waals surface area contributed by atoms with E-state index in [-0.39, 0.29) is 11.9 Å². The predicted molar refractivity (Wildman–Crippen MR) is 85.2 cm³/mol. The van der Waals surface area contributed by atoms with Gasteiger partial charge in [-0.25, -0.2) is 9.18 Å². The largest absolute Gasteiger partial charge is 0.443 e. The van der Waals surface area contributed by atoms with Gasteiger partial charge in [0.2, 0.25) is 0 Å². The summed E-state index contributed by atoms with van der Waals surface area (Å²) in [5.74, 6) is -0.362. The van der Waals surface area contributed by atoms with Gasteiger partial charge >= 0.3 is 6.09 Å². The molecule has 1 aliphatic rings. The van der Waals surface area contributed by atoms with Crippen molar-refractivity contribution in [3.63, 3.8) is 0 Å². The van der Waals surface area contributed by atoms with E-state index in [9.17, 15) is 9.18 Å². The quantitative estimate of drug-likeness (QED) is 0.703. The van der Waals surface area contributed by atoms with Gasteiger partial charge in [0, 0.05) is 6.04 Å². The number of hydrogen-bond donors (Lipinski definition) is 0. The molecule has 0 fully saturated rings. The average Bonchev–Trinajstić information content (AvgIpc) is 2.36. The van der Waals surface area contributed by atoms with Crippen LogP contribution in [-0.2, 0) is 11.2 Å². The maximum Gasteiger partial charge on any atom is 0.415 e. The number of halogens is 2. The number of ether oxygens (including phenoxy) is 1. The predicted octanol–water partition coefficient (Wildman–Crippen LogP) is 5.05. The highest BCUT2D eigenvalue weighted by atomic mass is 79.9. The first-order valence-corrected chi connectivity index (χ1v) is 8.02. The minimum atomic E-state index is -0.569. The summed E-state index contributed by atoms with van der Waals surface area (Å²) in [6, 6.07) is 3.23. The third-order valence-electron chi connectivity index (χ3n) is 3.55. The fraction of sp³-hybridized carbons (Fsp3) is 0.562. The van der Waals surface area contributed by atoms with Crippen molar-refractivity contribution >= 4 is 27.7 Å². The van der Waals surface area contributed by atoms with Crippen molar-refractivity contribution in [2.45, 2.75) is 58.6 Å². The highest BCUT2D eigenvalue weighted by Gasteiger charge is 2.33. The van der Waals surface area contributed by atoms with E-state index in [0.717, 1.165) is 24.8 Å². The first kappa shape index (κ1) is 16.3. The molecule has 0 radical (unpaired) electrons. The van der Waals surface area contributed by atoms with Crippen LogP contribution in [0.3, 0.4) is 0 Å². The highest BCUT2D eigenvalue weighted by molar-refractivity contribution is 9.10. The van der Waals surface area contributed by atoms with Crippen LogP contribution in [0.1, 0.15) is 46.1 Å². The van der Waals surface area contributed by atoms with Gasteiger partial charge in [-0.3, -0.25) is 4.90 Å². The van der Waals surface area contributed by atoms with Crippen molar-refractivity contribution in [1.29, 1.82) is 0 Å². The third kappa shape index (κ3) is 3.57. The number of fused-ring (bicyclic) bond motifs is 1. The number of benzene rings is 1. The zero-order chi connectivity index (χ0) is 15.8. The van der Waals surface area contributed by atoms with E-state index in [1.165, 1.54) is 6.07 Å². The molecule has 0 aliphatic carbocycles. The van der Waals surface area contributed by atoms with Crippen molar-refractivity contribution in [3.05, 3.63) is 28.0 Å². The molecule has 1 aromatic carbocycles. The molecule has 0 N–H and O–H groups in total. The lowest BCUT2D eigenvalue weighted by molar-refractivity contribution is 0.0559. The van der Waals surface area contributed by atoms with Crippen molar-refractivity contribution in [1.82, 2.24) is 0 Å². The Morgan fingerprint density at radius 3 is 2.71 bits per heavy atom. The lowest BCUT2D eigenvalue weighted by atomic mass is 9.94. The van der Waals surface area contributed by atoms with Gasteiger partial charge in [-0.05, 0) is 73.7 Å². The van der Waals surface area contributed by atoms with E-state index in [2.05, 4.69) is 15.9 Å². The van der Waals surface area contributed by atoms with Gasteiger partial charge in [-0.2, -0.15) is 0 Å². The van der Waals surface area contributed by atoms with E-state index in [1.807, 2.05) is 27.7 Å². The Labute approximate surface area is 133 Å². The molecule has 0 saturated carbocycles. The second-order valence-corrected chi connectivity index (χ2v) is 7.20. The van der Waals surface area contributed by atoms with Gasteiger partial charge in [-0.1, -0.05) is 6.92 Å². The van der Waals surface area contributed by atoms with Crippen LogP contribution in [0.4, 0.5) is 14.9 Å². The molecule has 116 valence electrons. The molecule has 1 unspecified atom stereocenters. The maximum absolute atomic E-state index is 13.9. The first-order valence-electron chi connectivity index (χ1n) is 7.23. The van der Waals surface area contributed by atoms with Crippen LogP contribution in [0.2, 0.25) is 0 Å². The molecule has 0 spiro atoms. The molecule has 1 aliphatic heterocycles. The maximum atomic E-state index is 13.9. The molecule has 1 atom stereocenters. The van der Waals surface area contributed by atoms with Crippen LogP contribution in [0, 0.1) is 5.82 Å². The van der Waals surface area contributed by atoms with Gasteiger partial charge in [0.15, 0.2) is 0 Å². The van der Waals surface area contributed by atoms with Gasteiger partial charge in [0.25, 0.3) is 0 Å². The lowest BCUT2D eigenvalue weighted by Crippen LogP contribution is -2.46. The minimum Gasteiger partial charge on any atom is -0.443 e. The Balaban J connectivity index is 2.42. The van der Waals surface area contributed by atoms with Gasteiger partial charge in [0.1, 0.15) is 11.4 Å². The number of hydrogen-bond acceptors (Lipinski definition) is 2. The molecule has 3 nitrogen and oxygen atoms in total. The molecule has 1 heterocycles. The summed E-state index contributed by atoms with van der Waals surface area (Å²) in [5.41, 5.74) is 1.03. The number of anilines is 1. The van der Waals surface area contributed by atoms with Crippen molar-refractivity contribution in [2.24, 2.45) is 0 Å². The molecule has 0 saturated heterocycles. The number of carbonyl (C=O) groups excluding carboxylic acids is 1. The topological polar surface area (TPSA) is 29.5 Å². The van der Waals surface area contributed by atoms with Crippen LogP contribution in [0.15, 0.2) is 16.6 Å². The molecule has 1 amide bonds. The summed E-state index contributed by atoms with van der Waals surface area (Å²) in [6.07, 6.45) is 2.11. The number of nitrogens with zero attached hydrogens (tertiary/aromatic N) is 1. The molecule has 2 rings (SSSR count). The second-order valence-electron chi connectivity index (χ2n) is 6.35. The average molecular weight is 358 g/mol. The first-order chi connectivity index (χ1) is 9.73. The summed E-state index contributed by atoms with van der Waals surface area (Å²) in [6.45, 7) is 7.53. The molecular weight excluding hydrogens is 337 g/mol. The SMILES string of the molecule is CCC1CCc2cc(Br)c(F)cc2N1C(=O)OC(C)(C)C. The Hall–Kier alpha value is -1.10. The van der Waals surface area contributed by atoms with Crippen LogP contribution >= 0.6 is 15.9 Å². The fourth-order valence-electron chi connectivity index (χ4n) is 2.60. The summed E-state index contributed by atoms with van der Waals surface area (Å²) < 4.78 is 19.8. The van der Waals surface area contributed by atoms with Crippen molar-refractivity contribution in [2.75, 3.05) is 4.90 Å². The number of carbonyl (C=O) groups is 1. The van der Waals surface area contributed by atoms with Crippen LogP contribution < -0.4 is 4.90 Å². The molecule has 21 heavy (non-hydrogen) atoms. The summed E-state index contributed by atoms with van der Waals surface area (Å²) in [7, 11) is 0.